The summed E-state index contributed by atoms with van der Waals surface area (Å²) in [6.07, 6.45) is 2.26. The van der Waals surface area contributed by atoms with Crippen LogP contribution in [0.1, 0.15) is 25.3 Å². The van der Waals surface area contributed by atoms with Gasteiger partial charge in [-0.15, -0.1) is 12.4 Å². The molecule has 0 saturated heterocycles. The summed E-state index contributed by atoms with van der Waals surface area (Å²) in [6, 6.07) is 7.97. The number of para-hydroxylation sites is 1. The molecule has 4 heteroatoms. The number of rotatable bonds is 6. The molecule has 0 N–H and O–H groups in total. The van der Waals surface area contributed by atoms with E-state index in [0.717, 1.165) is 30.8 Å². The van der Waals surface area contributed by atoms with E-state index in [2.05, 4.69) is 6.92 Å². The quantitative estimate of drug-likeness (QED) is 0.557. The Kier molecular flexibility index (Phi) is 8.79. The van der Waals surface area contributed by atoms with E-state index in [1.54, 1.807) is 0 Å². The van der Waals surface area contributed by atoms with E-state index in [0.29, 0.717) is 0 Å². The molecule has 0 aliphatic heterocycles. The number of hydrogen-bond donors (Lipinski definition) is 0. The highest BCUT2D eigenvalue weighted by atomic mass is 35.5. The van der Waals surface area contributed by atoms with Crippen molar-refractivity contribution >= 4 is 21.4 Å². The number of unbranched alkanes of at least 4 members (excludes halogenated alkanes) is 1. The van der Waals surface area contributed by atoms with Gasteiger partial charge in [0, 0.05) is 0 Å². The average molecular weight is 249 g/mol. The van der Waals surface area contributed by atoms with Crippen LogP contribution < -0.4 is 4.52 Å². The van der Waals surface area contributed by atoms with Crippen molar-refractivity contribution in [3.05, 3.63) is 29.8 Å². The van der Waals surface area contributed by atoms with Crippen molar-refractivity contribution < 1.29 is 9.05 Å². The summed E-state index contributed by atoms with van der Waals surface area (Å²) in [5, 5.41) is 0. The molecule has 0 heterocycles. The van der Waals surface area contributed by atoms with Gasteiger partial charge in [-0.25, -0.2) is 0 Å². The van der Waals surface area contributed by atoms with Crippen LogP contribution in [0.4, 0.5) is 0 Å². The highest BCUT2D eigenvalue weighted by Crippen LogP contribution is 2.24. The molecule has 0 saturated carbocycles. The minimum atomic E-state index is 0. The summed E-state index contributed by atoms with van der Waals surface area (Å²) >= 11 is 0. The first-order valence-electron chi connectivity index (χ1n) is 4.94. The molecule has 0 radical (unpaired) electrons. The molecule has 0 aliphatic carbocycles. The number of hydrogen-bond acceptors (Lipinski definition) is 2. The normalized spacial score (nSPS) is 10.3. The minimum Gasteiger partial charge on any atom is -0.449 e. The molecular weight excluding hydrogens is 231 g/mol. The standard InChI is InChI=1S/C11H17O2P.ClH/c1-3-4-9-12-14-13-11-8-6-5-7-10(11)2;/h5-8,14H,3-4,9H2,1-2H3;1H. The van der Waals surface area contributed by atoms with Crippen molar-refractivity contribution in [3.63, 3.8) is 0 Å². The Bertz CT molecular complexity index is 269. The minimum absolute atomic E-state index is 0. The van der Waals surface area contributed by atoms with Crippen LogP contribution in [-0.2, 0) is 4.52 Å². The fraction of sp³-hybridized carbons (Fsp3) is 0.455. The third-order valence-corrected chi connectivity index (χ3v) is 2.53. The third-order valence-electron chi connectivity index (χ3n) is 1.90. The molecule has 0 bridgehead atoms. The molecule has 0 aromatic heterocycles. The highest BCUT2D eigenvalue weighted by Gasteiger charge is 1.96. The second kappa shape index (κ2) is 8.96. The monoisotopic (exact) mass is 248 g/mol. The zero-order valence-electron chi connectivity index (χ0n) is 9.16. The SMILES string of the molecule is CCCCOPOc1ccccc1C.Cl. The molecule has 1 aromatic rings. The summed E-state index contributed by atoms with van der Waals surface area (Å²) in [4.78, 5) is 0. The van der Waals surface area contributed by atoms with Crippen molar-refractivity contribution in [1.29, 1.82) is 0 Å². The summed E-state index contributed by atoms with van der Waals surface area (Å²) in [5.41, 5.74) is 1.15. The van der Waals surface area contributed by atoms with Gasteiger partial charge in [0.15, 0.2) is 0 Å². The van der Waals surface area contributed by atoms with Gasteiger partial charge < -0.3 is 9.05 Å². The van der Waals surface area contributed by atoms with Gasteiger partial charge in [-0.2, -0.15) is 0 Å². The molecule has 2 nitrogen and oxygen atoms in total. The smallest absolute Gasteiger partial charge is 0.215 e. The molecule has 0 fully saturated rings. The molecular formula is C11H18ClO2P. The van der Waals surface area contributed by atoms with Crippen LogP contribution in [0, 0.1) is 6.92 Å². The van der Waals surface area contributed by atoms with E-state index >= 15 is 0 Å². The van der Waals surface area contributed by atoms with Gasteiger partial charge in [0.2, 0.25) is 9.03 Å². The van der Waals surface area contributed by atoms with E-state index in [9.17, 15) is 0 Å². The van der Waals surface area contributed by atoms with Crippen molar-refractivity contribution in [3.8, 4) is 5.75 Å². The van der Waals surface area contributed by atoms with Crippen LogP contribution in [0.15, 0.2) is 24.3 Å². The van der Waals surface area contributed by atoms with Gasteiger partial charge in [0.1, 0.15) is 5.75 Å². The first kappa shape index (κ1) is 14.7. The molecule has 1 unspecified atom stereocenters. The Morgan fingerprint density at radius 2 is 2.00 bits per heavy atom. The maximum absolute atomic E-state index is 5.49. The lowest BCUT2D eigenvalue weighted by atomic mass is 10.2. The Hall–Kier alpha value is -0.300. The lowest BCUT2D eigenvalue weighted by molar-refractivity contribution is 0.321. The Morgan fingerprint density at radius 3 is 2.67 bits per heavy atom. The van der Waals surface area contributed by atoms with Gasteiger partial charge in [0.25, 0.3) is 0 Å². The molecule has 0 amide bonds. The zero-order chi connectivity index (χ0) is 10.2. The van der Waals surface area contributed by atoms with E-state index in [1.807, 2.05) is 31.2 Å². The highest BCUT2D eigenvalue weighted by molar-refractivity contribution is 7.26. The van der Waals surface area contributed by atoms with Crippen LogP contribution >= 0.6 is 21.4 Å². The maximum Gasteiger partial charge on any atom is 0.215 e. The molecule has 15 heavy (non-hydrogen) atoms. The summed E-state index contributed by atoms with van der Waals surface area (Å²) in [7, 11) is 0.116. The number of benzene rings is 1. The van der Waals surface area contributed by atoms with Crippen molar-refractivity contribution in [1.82, 2.24) is 0 Å². The molecule has 0 spiro atoms. The topological polar surface area (TPSA) is 18.5 Å². The Morgan fingerprint density at radius 1 is 1.27 bits per heavy atom. The second-order valence-corrected chi connectivity index (χ2v) is 3.81. The van der Waals surface area contributed by atoms with Crippen molar-refractivity contribution in [2.75, 3.05) is 6.61 Å². The van der Waals surface area contributed by atoms with Crippen molar-refractivity contribution in [2.45, 2.75) is 26.7 Å². The predicted molar refractivity (Wildman–Crippen MR) is 68.2 cm³/mol. The van der Waals surface area contributed by atoms with E-state index in [-0.39, 0.29) is 21.4 Å². The van der Waals surface area contributed by atoms with Crippen LogP contribution in [0.2, 0.25) is 0 Å². The number of halogens is 1. The molecule has 0 aliphatic rings. The lowest BCUT2D eigenvalue weighted by Gasteiger charge is -2.07. The molecule has 1 rings (SSSR count). The van der Waals surface area contributed by atoms with Crippen LogP contribution in [-0.4, -0.2) is 6.61 Å². The summed E-state index contributed by atoms with van der Waals surface area (Å²) in [5.74, 6) is 0.919. The van der Waals surface area contributed by atoms with E-state index in [4.69, 9.17) is 9.05 Å². The predicted octanol–water partition coefficient (Wildman–Crippen LogP) is 4.12. The van der Waals surface area contributed by atoms with Gasteiger partial charge in [0.05, 0.1) is 6.61 Å². The summed E-state index contributed by atoms with van der Waals surface area (Å²) < 4.78 is 10.8. The van der Waals surface area contributed by atoms with Gasteiger partial charge >= 0.3 is 0 Å². The molecule has 86 valence electrons. The lowest BCUT2D eigenvalue weighted by Crippen LogP contribution is -1.88. The molecule has 1 atom stereocenters. The third kappa shape index (κ3) is 5.99. The van der Waals surface area contributed by atoms with E-state index < -0.39 is 0 Å². The second-order valence-electron chi connectivity index (χ2n) is 3.15. The van der Waals surface area contributed by atoms with Crippen LogP contribution in [0.3, 0.4) is 0 Å². The first-order chi connectivity index (χ1) is 6.84. The maximum atomic E-state index is 5.49. The first-order valence-corrected chi connectivity index (χ1v) is 5.75. The molecule has 1 aromatic carbocycles. The largest absolute Gasteiger partial charge is 0.449 e. The van der Waals surface area contributed by atoms with Crippen LogP contribution in [0.25, 0.3) is 0 Å². The summed E-state index contributed by atoms with van der Waals surface area (Å²) in [6.45, 7) is 4.97. The number of aryl methyl sites for hydroxylation is 1. The van der Waals surface area contributed by atoms with Gasteiger partial charge in [-0.05, 0) is 25.0 Å². The van der Waals surface area contributed by atoms with Gasteiger partial charge in [-0.1, -0.05) is 31.5 Å². The average Bonchev–Trinajstić information content (AvgIpc) is 2.20. The van der Waals surface area contributed by atoms with Crippen LogP contribution in [0.5, 0.6) is 5.75 Å². The Labute approximate surface area is 99.7 Å². The fourth-order valence-corrected chi connectivity index (χ4v) is 1.61. The van der Waals surface area contributed by atoms with E-state index in [1.165, 1.54) is 0 Å². The van der Waals surface area contributed by atoms with Crippen molar-refractivity contribution in [2.24, 2.45) is 0 Å². The fourth-order valence-electron chi connectivity index (χ4n) is 1.00. The Balaban J connectivity index is 0.00000196. The van der Waals surface area contributed by atoms with Gasteiger partial charge in [-0.3, -0.25) is 0 Å². The zero-order valence-corrected chi connectivity index (χ0v) is 11.0.